The fourth-order valence-corrected chi connectivity index (χ4v) is 4.79. The van der Waals surface area contributed by atoms with Gasteiger partial charge in [-0.15, -0.1) is 0 Å². The third-order valence-electron chi connectivity index (χ3n) is 6.59. The molecule has 0 atom stereocenters. The molecule has 5 nitrogen and oxygen atoms in total. The van der Waals surface area contributed by atoms with E-state index in [4.69, 9.17) is 4.42 Å². The highest BCUT2D eigenvalue weighted by Gasteiger charge is 2.22. The van der Waals surface area contributed by atoms with Gasteiger partial charge in [0.2, 0.25) is 0 Å². The number of benzene rings is 3. The second kappa shape index (κ2) is 9.61. The first kappa shape index (κ1) is 21.4. The molecule has 2 N–H and O–H groups in total. The van der Waals surface area contributed by atoms with Crippen LogP contribution in [0.3, 0.4) is 0 Å². The van der Waals surface area contributed by atoms with Crippen molar-refractivity contribution in [3.05, 3.63) is 100 Å². The Balaban J connectivity index is 1.31. The van der Waals surface area contributed by atoms with Gasteiger partial charge in [-0.25, -0.2) is 4.79 Å². The Labute approximate surface area is 193 Å². The van der Waals surface area contributed by atoms with E-state index in [1.165, 1.54) is 11.6 Å². The van der Waals surface area contributed by atoms with Crippen molar-refractivity contribution in [1.82, 2.24) is 4.90 Å². The number of likely N-dealkylation sites (tertiary alicyclic amines) is 1. The highest BCUT2D eigenvalue weighted by Crippen LogP contribution is 2.31. The van der Waals surface area contributed by atoms with Gasteiger partial charge >= 0.3 is 5.63 Å². The highest BCUT2D eigenvalue weighted by molar-refractivity contribution is 5.95. The lowest BCUT2D eigenvalue weighted by Crippen LogP contribution is -2.89. The van der Waals surface area contributed by atoms with Crippen molar-refractivity contribution in [1.29, 1.82) is 0 Å². The first-order valence-electron chi connectivity index (χ1n) is 11.6. The molecule has 5 rings (SSSR count). The van der Waals surface area contributed by atoms with E-state index < -0.39 is 5.63 Å². The molecule has 1 saturated heterocycles. The predicted octanol–water partition coefficient (Wildman–Crippen LogP) is 3.26. The van der Waals surface area contributed by atoms with Crippen LogP contribution in [0, 0.1) is 0 Å². The summed E-state index contributed by atoms with van der Waals surface area (Å²) in [7, 11) is 0. The third kappa shape index (κ3) is 4.85. The van der Waals surface area contributed by atoms with Crippen molar-refractivity contribution in [2.75, 3.05) is 13.1 Å². The van der Waals surface area contributed by atoms with Gasteiger partial charge in [0, 0.05) is 49.5 Å². The lowest BCUT2D eigenvalue weighted by molar-refractivity contribution is -0.707. The summed E-state index contributed by atoms with van der Waals surface area (Å²) in [4.78, 5) is 14.8. The molecule has 3 aromatic carbocycles. The summed E-state index contributed by atoms with van der Waals surface area (Å²) in [5.41, 5.74) is 3.66. The number of nitrogens with zero attached hydrogens (tertiary/aromatic N) is 1. The van der Waals surface area contributed by atoms with E-state index in [1.54, 1.807) is 12.1 Å². The molecule has 1 fully saturated rings. The van der Waals surface area contributed by atoms with Crippen LogP contribution in [0.5, 0.6) is 5.75 Å². The summed E-state index contributed by atoms with van der Waals surface area (Å²) in [5.74, 6) is -0.0753. The smallest absolute Gasteiger partial charge is 0.336 e. The molecule has 0 aliphatic carbocycles. The van der Waals surface area contributed by atoms with Crippen molar-refractivity contribution in [3.63, 3.8) is 0 Å². The van der Waals surface area contributed by atoms with Gasteiger partial charge in [0.05, 0.1) is 6.04 Å². The molecule has 0 radical (unpaired) electrons. The number of rotatable bonds is 6. The van der Waals surface area contributed by atoms with Crippen LogP contribution < -0.4 is 16.0 Å². The van der Waals surface area contributed by atoms with E-state index in [-0.39, 0.29) is 5.75 Å². The molecule has 5 heteroatoms. The van der Waals surface area contributed by atoms with Crippen LogP contribution in [0.15, 0.2) is 88.1 Å². The molecule has 0 amide bonds. The normalized spacial score (nSPS) is 15.2. The molecule has 33 heavy (non-hydrogen) atoms. The van der Waals surface area contributed by atoms with Crippen molar-refractivity contribution in [2.24, 2.45) is 0 Å². The number of quaternary nitrogens is 1. The summed E-state index contributed by atoms with van der Waals surface area (Å²) >= 11 is 0. The van der Waals surface area contributed by atoms with Gasteiger partial charge < -0.3 is 14.8 Å². The third-order valence-corrected chi connectivity index (χ3v) is 6.59. The fourth-order valence-electron chi connectivity index (χ4n) is 4.79. The summed E-state index contributed by atoms with van der Waals surface area (Å²) in [6.07, 6.45) is 2.15. The molecule has 0 bridgehead atoms. The van der Waals surface area contributed by atoms with Gasteiger partial charge in [0.15, 0.2) is 0 Å². The number of nitrogens with two attached hydrogens (primary N) is 1. The zero-order valence-electron chi connectivity index (χ0n) is 18.6. The number of piperidine rings is 1. The van der Waals surface area contributed by atoms with E-state index in [9.17, 15) is 9.90 Å². The Morgan fingerprint density at radius 1 is 0.939 bits per heavy atom. The standard InChI is InChI=1S/C28H28N2O3/c31-26-12-11-23-24(21-9-5-2-6-10-21)17-27(32)33-28(23)25(26)18-29-22-13-15-30(16-14-22)19-20-7-3-1-4-8-20/h1-12,17,22,29,31H,13-16,18-19H2. The maximum Gasteiger partial charge on any atom is 0.336 e. The lowest BCUT2D eigenvalue weighted by atomic mass is 9.99. The molecule has 168 valence electrons. The van der Waals surface area contributed by atoms with Crippen molar-refractivity contribution in [2.45, 2.75) is 32.0 Å². The Bertz CT molecular complexity index is 1280. The minimum absolute atomic E-state index is 0.0753. The maximum atomic E-state index is 12.7. The molecule has 2 heterocycles. The second-order valence-electron chi connectivity index (χ2n) is 8.80. The molecule has 0 unspecified atom stereocenters. The Morgan fingerprint density at radius 2 is 1.64 bits per heavy atom. The number of fused-ring (bicyclic) bond motifs is 1. The van der Waals surface area contributed by atoms with Crippen LogP contribution in [0.2, 0.25) is 0 Å². The molecular formula is C28H28N2O3. The molecular weight excluding hydrogens is 412 g/mol. The van der Waals surface area contributed by atoms with Crippen molar-refractivity contribution >= 4 is 11.0 Å². The minimum Gasteiger partial charge on any atom is -0.872 e. The van der Waals surface area contributed by atoms with Crippen LogP contribution in [0.4, 0.5) is 0 Å². The molecule has 1 aliphatic heterocycles. The van der Waals surface area contributed by atoms with E-state index in [0.29, 0.717) is 23.7 Å². The minimum atomic E-state index is -0.428. The van der Waals surface area contributed by atoms with E-state index in [1.807, 2.05) is 36.4 Å². The summed E-state index contributed by atoms with van der Waals surface area (Å²) in [5, 5.41) is 15.8. The largest absolute Gasteiger partial charge is 0.872 e. The van der Waals surface area contributed by atoms with Crippen molar-refractivity contribution in [3.8, 4) is 16.9 Å². The van der Waals surface area contributed by atoms with Gasteiger partial charge in [-0.2, -0.15) is 0 Å². The monoisotopic (exact) mass is 440 g/mol. The molecule has 1 aromatic heterocycles. The highest BCUT2D eigenvalue weighted by atomic mass is 16.4. The van der Waals surface area contributed by atoms with Gasteiger partial charge in [0.25, 0.3) is 0 Å². The zero-order chi connectivity index (χ0) is 22.6. The Hall–Kier alpha value is -3.41. The average molecular weight is 441 g/mol. The predicted molar refractivity (Wildman–Crippen MR) is 128 cm³/mol. The van der Waals surface area contributed by atoms with Crippen LogP contribution in [0.1, 0.15) is 24.0 Å². The van der Waals surface area contributed by atoms with Crippen LogP contribution >= 0.6 is 0 Å². The second-order valence-corrected chi connectivity index (χ2v) is 8.80. The average Bonchev–Trinajstić information content (AvgIpc) is 2.85. The summed E-state index contributed by atoms with van der Waals surface area (Å²) in [6, 6.07) is 25.7. The quantitative estimate of drug-likeness (QED) is 0.467. The first-order chi connectivity index (χ1) is 16.2. The Morgan fingerprint density at radius 3 is 2.36 bits per heavy atom. The van der Waals surface area contributed by atoms with Gasteiger partial charge in [0.1, 0.15) is 12.1 Å². The molecule has 4 aromatic rings. The number of hydrogen-bond acceptors (Lipinski definition) is 4. The zero-order valence-corrected chi connectivity index (χ0v) is 18.6. The molecule has 1 aliphatic rings. The van der Waals surface area contributed by atoms with E-state index >= 15 is 0 Å². The van der Waals surface area contributed by atoms with Crippen molar-refractivity contribution < 1.29 is 14.8 Å². The van der Waals surface area contributed by atoms with Crippen LogP contribution in [-0.2, 0) is 13.1 Å². The maximum absolute atomic E-state index is 12.7. The fraction of sp³-hybridized carbons (Fsp3) is 0.250. The van der Waals surface area contributed by atoms with Crippen LogP contribution in [0.25, 0.3) is 22.1 Å². The summed E-state index contributed by atoms with van der Waals surface area (Å²) < 4.78 is 5.58. The van der Waals surface area contributed by atoms with Gasteiger partial charge in [-0.05, 0) is 16.7 Å². The lowest BCUT2D eigenvalue weighted by Gasteiger charge is -2.31. The van der Waals surface area contributed by atoms with Crippen LogP contribution in [-0.4, -0.2) is 24.0 Å². The first-order valence-corrected chi connectivity index (χ1v) is 11.6. The Kier molecular flexibility index (Phi) is 6.24. The van der Waals surface area contributed by atoms with E-state index in [0.717, 1.165) is 49.0 Å². The van der Waals surface area contributed by atoms with Gasteiger partial charge in [-0.1, -0.05) is 78.5 Å². The molecule has 0 saturated carbocycles. The summed E-state index contributed by atoms with van der Waals surface area (Å²) in [6.45, 7) is 3.59. The number of hydrogen-bond donors (Lipinski definition) is 1. The van der Waals surface area contributed by atoms with E-state index in [2.05, 4.69) is 34.5 Å². The topological polar surface area (TPSA) is 73.1 Å². The SMILES string of the molecule is O=c1cc(-c2ccccc2)c2ccc([O-])c(C[NH2+]C3CCN(Cc4ccccc4)CC3)c2o1. The van der Waals surface area contributed by atoms with Gasteiger partial charge in [-0.3, -0.25) is 4.90 Å². The molecule has 0 spiro atoms.